The van der Waals surface area contributed by atoms with E-state index < -0.39 is 23.2 Å². The molecule has 0 heterocycles. The average Bonchev–Trinajstić information content (AvgIpc) is 2.75. The van der Waals surface area contributed by atoms with Crippen LogP contribution >= 0.6 is 0 Å². The molecule has 0 bridgehead atoms. The third kappa shape index (κ3) is 2.15. The van der Waals surface area contributed by atoms with Crippen molar-refractivity contribution in [2.45, 2.75) is 38.7 Å². The molecule has 1 atom stereocenters. The predicted octanol–water partition coefficient (Wildman–Crippen LogP) is 3.64. The first-order valence-electron chi connectivity index (χ1n) is 6.27. The van der Waals surface area contributed by atoms with Gasteiger partial charge in [0.25, 0.3) is 0 Å². The summed E-state index contributed by atoms with van der Waals surface area (Å²) in [5.74, 6) is -1.54. The normalized spacial score (nSPS) is 21.1. The molecule has 0 saturated heterocycles. The Hall–Kier alpha value is -1.71. The van der Waals surface area contributed by atoms with Crippen LogP contribution in [-0.2, 0) is 21.6 Å². The quantitative estimate of drug-likeness (QED) is 0.616. The Labute approximate surface area is 111 Å². The molecule has 0 fully saturated rings. The van der Waals surface area contributed by atoms with Gasteiger partial charge in [-0.3, -0.25) is 0 Å². The van der Waals surface area contributed by atoms with Gasteiger partial charge in [-0.2, -0.15) is 0 Å². The number of carbonyl (C=O) groups excluding carboxylic acids is 1. The van der Waals surface area contributed by atoms with Gasteiger partial charge >= 0.3 is 5.97 Å². The second kappa shape index (κ2) is 4.76. The molecule has 0 saturated carbocycles. The molecule has 102 valence electrons. The molecule has 1 aromatic carbocycles. The Balaban J connectivity index is 2.50. The highest BCUT2D eigenvalue weighted by Gasteiger charge is 2.44. The van der Waals surface area contributed by atoms with Crippen molar-refractivity contribution >= 4 is 5.97 Å². The molecular formula is C15H16F2O2. The molecule has 1 aliphatic carbocycles. The van der Waals surface area contributed by atoms with Gasteiger partial charge in [0.1, 0.15) is 17.2 Å². The monoisotopic (exact) mass is 266 g/mol. The van der Waals surface area contributed by atoms with E-state index >= 15 is 0 Å². The van der Waals surface area contributed by atoms with Crippen LogP contribution in [0.2, 0.25) is 0 Å². The molecular weight excluding hydrogens is 250 g/mol. The van der Waals surface area contributed by atoms with E-state index in [-0.39, 0.29) is 11.1 Å². The van der Waals surface area contributed by atoms with Gasteiger partial charge in [0.05, 0.1) is 0 Å². The third-order valence-corrected chi connectivity index (χ3v) is 3.65. The van der Waals surface area contributed by atoms with Gasteiger partial charge in [-0.25, -0.2) is 13.6 Å². The number of ether oxygens (including phenoxy) is 1. The lowest BCUT2D eigenvalue weighted by atomic mass is 9.92. The summed E-state index contributed by atoms with van der Waals surface area (Å²) in [6, 6.07) is 2.19. The minimum atomic E-state index is -1.07. The molecule has 4 heteroatoms. The zero-order chi connectivity index (χ0) is 14.2. The minimum Gasteiger partial charge on any atom is -0.451 e. The van der Waals surface area contributed by atoms with Crippen molar-refractivity contribution in [3.05, 3.63) is 47.0 Å². The molecule has 2 nitrogen and oxygen atoms in total. The van der Waals surface area contributed by atoms with Gasteiger partial charge in [0.2, 0.25) is 0 Å². The van der Waals surface area contributed by atoms with Gasteiger partial charge in [0.15, 0.2) is 0 Å². The second-order valence-electron chi connectivity index (χ2n) is 4.90. The van der Waals surface area contributed by atoms with Crippen LogP contribution in [0.5, 0.6) is 0 Å². The fourth-order valence-electron chi connectivity index (χ4n) is 2.58. The van der Waals surface area contributed by atoms with Crippen molar-refractivity contribution in [2.75, 3.05) is 0 Å². The summed E-state index contributed by atoms with van der Waals surface area (Å²) >= 11 is 0. The van der Waals surface area contributed by atoms with Crippen LogP contribution in [0.1, 0.15) is 37.8 Å². The summed E-state index contributed by atoms with van der Waals surface area (Å²) in [6.07, 6.45) is 1.17. The number of esters is 1. The van der Waals surface area contributed by atoms with Gasteiger partial charge in [-0.05, 0) is 43.9 Å². The maximum Gasteiger partial charge on any atom is 0.334 e. The Bertz CT molecular complexity index is 551. The summed E-state index contributed by atoms with van der Waals surface area (Å²) in [4.78, 5) is 11.7. The summed E-state index contributed by atoms with van der Waals surface area (Å²) < 4.78 is 33.2. The number of hydrogen-bond donors (Lipinski definition) is 0. The van der Waals surface area contributed by atoms with Crippen molar-refractivity contribution in [2.24, 2.45) is 0 Å². The molecule has 0 N–H and O–H groups in total. The number of rotatable bonds is 3. The maximum atomic E-state index is 14.0. The maximum absolute atomic E-state index is 14.0. The average molecular weight is 266 g/mol. The number of fused-ring (bicyclic) bond motifs is 1. The lowest BCUT2D eigenvalue weighted by Crippen LogP contribution is -2.30. The van der Waals surface area contributed by atoms with Crippen LogP contribution in [0, 0.1) is 11.6 Å². The van der Waals surface area contributed by atoms with Crippen LogP contribution in [-0.4, -0.2) is 5.97 Å². The third-order valence-electron chi connectivity index (χ3n) is 3.65. The summed E-state index contributed by atoms with van der Waals surface area (Å²) in [7, 11) is 0. The molecule has 0 radical (unpaired) electrons. The van der Waals surface area contributed by atoms with Crippen molar-refractivity contribution in [3.8, 4) is 0 Å². The lowest BCUT2D eigenvalue weighted by Gasteiger charge is -2.29. The fourth-order valence-corrected chi connectivity index (χ4v) is 2.58. The lowest BCUT2D eigenvalue weighted by molar-refractivity contribution is -0.156. The van der Waals surface area contributed by atoms with Crippen LogP contribution in [0.3, 0.4) is 0 Å². The van der Waals surface area contributed by atoms with E-state index in [1.165, 1.54) is 6.92 Å². The molecule has 1 aliphatic rings. The Kier molecular flexibility index (Phi) is 3.43. The second-order valence-corrected chi connectivity index (χ2v) is 4.90. The van der Waals surface area contributed by atoms with Crippen molar-refractivity contribution in [3.63, 3.8) is 0 Å². The Morgan fingerprint density at radius 1 is 1.42 bits per heavy atom. The van der Waals surface area contributed by atoms with Crippen molar-refractivity contribution in [1.29, 1.82) is 0 Å². The molecule has 1 aromatic rings. The van der Waals surface area contributed by atoms with E-state index in [1.807, 2.05) is 0 Å². The van der Waals surface area contributed by atoms with E-state index in [9.17, 15) is 13.6 Å². The number of benzene rings is 1. The minimum absolute atomic E-state index is 0.185. The topological polar surface area (TPSA) is 26.3 Å². The van der Waals surface area contributed by atoms with Crippen LogP contribution in [0.25, 0.3) is 0 Å². The predicted molar refractivity (Wildman–Crippen MR) is 67.6 cm³/mol. The van der Waals surface area contributed by atoms with E-state index in [4.69, 9.17) is 4.74 Å². The Morgan fingerprint density at radius 2 is 2.05 bits per heavy atom. The number of hydrogen-bond acceptors (Lipinski definition) is 2. The molecule has 0 amide bonds. The van der Waals surface area contributed by atoms with Crippen LogP contribution < -0.4 is 0 Å². The largest absolute Gasteiger partial charge is 0.451 e. The number of halogens is 2. The van der Waals surface area contributed by atoms with Crippen molar-refractivity contribution < 1.29 is 18.3 Å². The van der Waals surface area contributed by atoms with Gasteiger partial charge in [-0.15, -0.1) is 0 Å². The standard InChI is InChI=1S/C15H16F2O2/c1-4-15(19-14(18)9(2)3)8-7-10-11(16)5-6-12(17)13(10)15/h5-6H,2,4,7-8H2,1,3H3. The highest BCUT2D eigenvalue weighted by atomic mass is 19.1. The zero-order valence-corrected chi connectivity index (χ0v) is 11.1. The smallest absolute Gasteiger partial charge is 0.334 e. The summed E-state index contributed by atoms with van der Waals surface area (Å²) in [6.45, 7) is 6.84. The number of carbonyl (C=O) groups is 1. The summed E-state index contributed by atoms with van der Waals surface area (Å²) in [5.41, 5.74) is -0.323. The van der Waals surface area contributed by atoms with Gasteiger partial charge in [0, 0.05) is 11.1 Å². The molecule has 0 spiro atoms. The van der Waals surface area contributed by atoms with Crippen molar-refractivity contribution in [1.82, 2.24) is 0 Å². The highest BCUT2D eigenvalue weighted by molar-refractivity contribution is 5.87. The first kappa shape index (κ1) is 13.7. The SMILES string of the molecule is C=C(C)C(=O)OC1(CC)CCc2c(F)ccc(F)c21. The van der Waals surface area contributed by atoms with E-state index in [1.54, 1.807) is 6.92 Å². The first-order chi connectivity index (χ1) is 8.91. The molecule has 2 rings (SSSR count). The van der Waals surface area contributed by atoms with Gasteiger partial charge < -0.3 is 4.74 Å². The highest BCUT2D eigenvalue weighted by Crippen LogP contribution is 2.45. The Morgan fingerprint density at radius 3 is 2.63 bits per heavy atom. The molecule has 0 aromatic heterocycles. The zero-order valence-electron chi connectivity index (χ0n) is 11.1. The van der Waals surface area contributed by atoms with E-state index in [0.29, 0.717) is 24.8 Å². The van der Waals surface area contributed by atoms with Gasteiger partial charge in [-0.1, -0.05) is 13.5 Å². The van der Waals surface area contributed by atoms with E-state index in [0.717, 1.165) is 12.1 Å². The first-order valence-corrected chi connectivity index (χ1v) is 6.27. The van der Waals surface area contributed by atoms with Crippen LogP contribution in [0.4, 0.5) is 8.78 Å². The van der Waals surface area contributed by atoms with Crippen LogP contribution in [0.15, 0.2) is 24.3 Å². The molecule has 0 aliphatic heterocycles. The molecule has 19 heavy (non-hydrogen) atoms. The van der Waals surface area contributed by atoms with E-state index in [2.05, 4.69) is 6.58 Å². The summed E-state index contributed by atoms with van der Waals surface area (Å²) in [5, 5.41) is 0. The fraction of sp³-hybridized carbons (Fsp3) is 0.400. The molecule has 1 unspecified atom stereocenters.